The van der Waals surface area contributed by atoms with Crippen LogP contribution >= 0.6 is 0 Å². The van der Waals surface area contributed by atoms with Crippen molar-refractivity contribution in [3.63, 3.8) is 0 Å². The van der Waals surface area contributed by atoms with E-state index < -0.39 is 0 Å². The fraction of sp³-hybridized carbons (Fsp3) is 0.500. The van der Waals surface area contributed by atoms with Crippen molar-refractivity contribution in [3.8, 4) is 0 Å². The van der Waals surface area contributed by atoms with Crippen LogP contribution in [0.2, 0.25) is 0 Å². The van der Waals surface area contributed by atoms with Crippen molar-refractivity contribution in [2.24, 2.45) is 11.0 Å². The Morgan fingerprint density at radius 3 is 3.11 bits per heavy atom. The summed E-state index contributed by atoms with van der Waals surface area (Å²) in [4.78, 5) is 20.7. The molecular formula is C12H15N5O. The summed E-state index contributed by atoms with van der Waals surface area (Å²) in [6, 6.07) is 1.86. The molecule has 0 spiro atoms. The maximum absolute atomic E-state index is 12.0. The second-order valence-corrected chi connectivity index (χ2v) is 4.53. The number of aryl methyl sites for hydroxylation is 1. The molecule has 1 aliphatic rings. The van der Waals surface area contributed by atoms with Crippen LogP contribution in [0.3, 0.4) is 0 Å². The van der Waals surface area contributed by atoms with Gasteiger partial charge in [0.15, 0.2) is 0 Å². The van der Waals surface area contributed by atoms with Crippen molar-refractivity contribution in [1.82, 2.24) is 4.98 Å². The molecule has 0 aliphatic carbocycles. The first-order valence-corrected chi connectivity index (χ1v) is 5.87. The molecule has 0 saturated carbocycles. The maximum Gasteiger partial charge on any atom is 0.227 e. The summed E-state index contributed by atoms with van der Waals surface area (Å²) in [5.74, 6) is 0.197. The summed E-state index contributed by atoms with van der Waals surface area (Å²) >= 11 is 0. The Bertz CT molecular complexity index is 521. The van der Waals surface area contributed by atoms with Gasteiger partial charge in [0.25, 0.3) is 0 Å². The van der Waals surface area contributed by atoms with Crippen molar-refractivity contribution in [2.75, 3.05) is 18.0 Å². The first-order chi connectivity index (χ1) is 8.63. The monoisotopic (exact) mass is 245 g/mol. The number of hydrogen-bond acceptors (Lipinski definition) is 3. The van der Waals surface area contributed by atoms with Crippen molar-refractivity contribution in [1.29, 1.82) is 0 Å². The zero-order valence-corrected chi connectivity index (χ0v) is 10.5. The van der Waals surface area contributed by atoms with Crippen LogP contribution in [0.1, 0.15) is 17.7 Å². The van der Waals surface area contributed by atoms with Gasteiger partial charge in [0, 0.05) is 42.0 Å². The molecule has 2 rings (SSSR count). The molecule has 1 saturated heterocycles. The zero-order chi connectivity index (χ0) is 13.1. The number of azide groups is 1. The number of hydrogen-bond donors (Lipinski definition) is 0. The fourth-order valence-corrected chi connectivity index (χ4v) is 2.21. The number of aromatic nitrogens is 1. The molecule has 6 nitrogen and oxygen atoms in total. The lowest BCUT2D eigenvalue weighted by molar-refractivity contribution is -0.117. The summed E-state index contributed by atoms with van der Waals surface area (Å²) in [6.07, 6.45) is 2.16. The number of carbonyl (C=O) groups excluding carboxylic acids is 1. The average molecular weight is 245 g/mol. The second-order valence-electron chi connectivity index (χ2n) is 4.53. The van der Waals surface area contributed by atoms with Crippen LogP contribution in [-0.4, -0.2) is 24.0 Å². The molecular weight excluding hydrogens is 230 g/mol. The first-order valence-electron chi connectivity index (χ1n) is 5.87. The van der Waals surface area contributed by atoms with Crippen molar-refractivity contribution in [3.05, 3.63) is 34.0 Å². The quantitative estimate of drug-likeness (QED) is 0.465. The lowest BCUT2D eigenvalue weighted by atomic mass is 10.1. The highest BCUT2D eigenvalue weighted by molar-refractivity contribution is 5.96. The van der Waals surface area contributed by atoms with E-state index in [1.54, 1.807) is 11.1 Å². The van der Waals surface area contributed by atoms with E-state index in [-0.39, 0.29) is 11.8 Å². The van der Waals surface area contributed by atoms with Gasteiger partial charge in [0.1, 0.15) is 0 Å². The molecule has 0 N–H and O–H groups in total. The molecule has 18 heavy (non-hydrogen) atoms. The van der Waals surface area contributed by atoms with E-state index in [9.17, 15) is 4.79 Å². The number of rotatable bonds is 3. The minimum atomic E-state index is 0.0850. The molecule has 0 aromatic carbocycles. The molecule has 1 amide bonds. The molecule has 1 aliphatic heterocycles. The van der Waals surface area contributed by atoms with Crippen LogP contribution in [0.5, 0.6) is 0 Å². The predicted octanol–water partition coefficient (Wildman–Crippen LogP) is 2.36. The Kier molecular flexibility index (Phi) is 3.48. The SMILES string of the molecule is Cc1nccc(N2CC(CN=[N+]=[N-])CC2=O)c1C. The van der Waals surface area contributed by atoms with Gasteiger partial charge in [-0.3, -0.25) is 9.78 Å². The van der Waals surface area contributed by atoms with Gasteiger partial charge in [-0.05, 0) is 36.9 Å². The predicted molar refractivity (Wildman–Crippen MR) is 68.2 cm³/mol. The second kappa shape index (κ2) is 5.06. The van der Waals surface area contributed by atoms with Crippen LogP contribution in [0.15, 0.2) is 17.4 Å². The summed E-state index contributed by atoms with van der Waals surface area (Å²) in [5, 5.41) is 3.55. The van der Waals surface area contributed by atoms with Gasteiger partial charge in [-0.2, -0.15) is 0 Å². The van der Waals surface area contributed by atoms with Gasteiger partial charge < -0.3 is 4.90 Å². The van der Waals surface area contributed by atoms with E-state index in [0.29, 0.717) is 19.5 Å². The number of pyridine rings is 1. The van der Waals surface area contributed by atoms with E-state index in [4.69, 9.17) is 5.53 Å². The van der Waals surface area contributed by atoms with Crippen molar-refractivity contribution >= 4 is 11.6 Å². The van der Waals surface area contributed by atoms with Crippen LogP contribution in [0.25, 0.3) is 10.4 Å². The average Bonchev–Trinajstić information content (AvgIpc) is 2.71. The van der Waals surface area contributed by atoms with Crippen molar-refractivity contribution in [2.45, 2.75) is 20.3 Å². The molecule has 1 unspecified atom stereocenters. The molecule has 0 bridgehead atoms. The lowest BCUT2D eigenvalue weighted by Gasteiger charge is -2.19. The minimum Gasteiger partial charge on any atom is -0.312 e. The standard InChI is InChI=1S/C12H15N5O/c1-8-9(2)14-4-3-11(8)17-7-10(5-12(17)18)6-15-16-13/h3-4,10H,5-7H2,1-2H3. The van der Waals surface area contributed by atoms with Crippen LogP contribution < -0.4 is 4.90 Å². The van der Waals surface area contributed by atoms with E-state index in [0.717, 1.165) is 16.9 Å². The zero-order valence-electron chi connectivity index (χ0n) is 10.5. The van der Waals surface area contributed by atoms with Gasteiger partial charge in [-0.25, -0.2) is 0 Å². The third-order valence-corrected chi connectivity index (χ3v) is 3.33. The Morgan fingerprint density at radius 1 is 1.61 bits per heavy atom. The molecule has 6 heteroatoms. The number of nitrogens with zero attached hydrogens (tertiary/aromatic N) is 5. The van der Waals surface area contributed by atoms with E-state index >= 15 is 0 Å². The summed E-state index contributed by atoms with van der Waals surface area (Å²) in [6.45, 7) is 4.88. The van der Waals surface area contributed by atoms with Gasteiger partial charge in [-0.15, -0.1) is 0 Å². The van der Waals surface area contributed by atoms with Gasteiger partial charge in [0.05, 0.1) is 0 Å². The van der Waals surface area contributed by atoms with E-state index in [1.807, 2.05) is 19.9 Å². The highest BCUT2D eigenvalue weighted by atomic mass is 16.2. The number of carbonyl (C=O) groups is 1. The molecule has 0 radical (unpaired) electrons. The molecule has 1 atom stereocenters. The molecule has 2 heterocycles. The summed E-state index contributed by atoms with van der Waals surface area (Å²) < 4.78 is 0. The highest BCUT2D eigenvalue weighted by Gasteiger charge is 2.30. The number of amides is 1. The third kappa shape index (κ3) is 2.28. The third-order valence-electron chi connectivity index (χ3n) is 3.33. The minimum absolute atomic E-state index is 0.0850. The maximum atomic E-state index is 12.0. The van der Waals surface area contributed by atoms with Gasteiger partial charge in [-0.1, -0.05) is 5.11 Å². The Morgan fingerprint density at radius 2 is 2.39 bits per heavy atom. The largest absolute Gasteiger partial charge is 0.312 e. The van der Waals surface area contributed by atoms with Crippen LogP contribution in [0, 0.1) is 19.8 Å². The Balaban J connectivity index is 2.21. The lowest BCUT2D eigenvalue weighted by Crippen LogP contribution is -2.25. The normalized spacial score (nSPS) is 18.9. The summed E-state index contributed by atoms with van der Waals surface area (Å²) in [5.41, 5.74) is 11.2. The topological polar surface area (TPSA) is 82.0 Å². The first kappa shape index (κ1) is 12.4. The Labute approximate surface area is 105 Å². The molecule has 1 aromatic rings. The van der Waals surface area contributed by atoms with Crippen LogP contribution in [-0.2, 0) is 4.79 Å². The highest BCUT2D eigenvalue weighted by Crippen LogP contribution is 2.28. The molecule has 94 valence electrons. The van der Waals surface area contributed by atoms with E-state index in [2.05, 4.69) is 15.0 Å². The Hall–Kier alpha value is -2.07. The van der Waals surface area contributed by atoms with Gasteiger partial charge >= 0.3 is 0 Å². The molecule has 1 fully saturated rings. The van der Waals surface area contributed by atoms with Gasteiger partial charge in [0.2, 0.25) is 5.91 Å². The van der Waals surface area contributed by atoms with E-state index in [1.165, 1.54) is 0 Å². The number of anilines is 1. The fourth-order valence-electron chi connectivity index (χ4n) is 2.21. The molecule has 1 aromatic heterocycles. The van der Waals surface area contributed by atoms with Crippen molar-refractivity contribution < 1.29 is 4.79 Å². The van der Waals surface area contributed by atoms with Crippen LogP contribution in [0.4, 0.5) is 5.69 Å². The summed E-state index contributed by atoms with van der Waals surface area (Å²) in [7, 11) is 0. The smallest absolute Gasteiger partial charge is 0.227 e.